The van der Waals surface area contributed by atoms with Crippen LogP contribution >= 0.6 is 22.7 Å². The van der Waals surface area contributed by atoms with Crippen molar-refractivity contribution in [3.05, 3.63) is 57.6 Å². The summed E-state index contributed by atoms with van der Waals surface area (Å²) in [5.41, 5.74) is 2.04. The highest BCUT2D eigenvalue weighted by molar-refractivity contribution is 7.16. The number of amides is 1. The lowest BCUT2D eigenvalue weighted by Crippen LogP contribution is -2.23. The summed E-state index contributed by atoms with van der Waals surface area (Å²) in [6.07, 6.45) is 4.03. The van der Waals surface area contributed by atoms with Crippen LogP contribution in [0.5, 0.6) is 17.2 Å². The largest absolute Gasteiger partial charge is 0.493 e. The van der Waals surface area contributed by atoms with Crippen molar-refractivity contribution in [3.8, 4) is 27.7 Å². The number of ether oxygens (including phenoxy) is 3. The van der Waals surface area contributed by atoms with Gasteiger partial charge in [0.25, 0.3) is 0 Å². The fourth-order valence-electron chi connectivity index (χ4n) is 2.81. The maximum absolute atomic E-state index is 12.2. The van der Waals surface area contributed by atoms with Crippen molar-refractivity contribution in [2.45, 2.75) is 6.42 Å². The van der Waals surface area contributed by atoms with Gasteiger partial charge in [-0.3, -0.25) is 4.79 Å². The van der Waals surface area contributed by atoms with Crippen LogP contribution in [0.1, 0.15) is 10.4 Å². The Labute approximate surface area is 178 Å². The van der Waals surface area contributed by atoms with Gasteiger partial charge in [-0.1, -0.05) is 0 Å². The molecule has 0 radical (unpaired) electrons. The highest BCUT2D eigenvalue weighted by atomic mass is 32.1. The molecule has 2 heterocycles. The van der Waals surface area contributed by atoms with E-state index in [4.69, 9.17) is 14.2 Å². The van der Waals surface area contributed by atoms with Crippen molar-refractivity contribution >= 4 is 34.7 Å². The summed E-state index contributed by atoms with van der Waals surface area (Å²) < 4.78 is 16.0. The second-order valence-electron chi connectivity index (χ2n) is 6.11. The summed E-state index contributed by atoms with van der Waals surface area (Å²) in [7, 11) is 4.68. The minimum atomic E-state index is -0.145. The lowest BCUT2D eigenvalue weighted by atomic mass is 10.1. The van der Waals surface area contributed by atoms with Crippen LogP contribution in [-0.2, 0) is 11.2 Å². The number of benzene rings is 1. The van der Waals surface area contributed by atoms with Crippen LogP contribution in [0.3, 0.4) is 0 Å². The summed E-state index contributed by atoms with van der Waals surface area (Å²) in [6.45, 7) is 0.585. The molecule has 0 saturated heterocycles. The summed E-state index contributed by atoms with van der Waals surface area (Å²) in [5.74, 6) is 1.47. The first-order valence-electron chi connectivity index (χ1n) is 9.01. The molecule has 0 atom stereocenters. The van der Waals surface area contributed by atoms with E-state index >= 15 is 0 Å². The van der Waals surface area contributed by atoms with Crippen molar-refractivity contribution in [1.29, 1.82) is 0 Å². The number of nitrogens with one attached hydrogen (secondary N) is 1. The summed E-state index contributed by atoms with van der Waals surface area (Å²) in [6, 6.07) is 9.96. The van der Waals surface area contributed by atoms with Gasteiger partial charge in [0.2, 0.25) is 11.7 Å². The molecule has 3 rings (SSSR count). The van der Waals surface area contributed by atoms with E-state index in [1.54, 1.807) is 62.2 Å². The molecule has 0 fully saturated rings. The topological polar surface area (TPSA) is 56.8 Å². The highest BCUT2D eigenvalue weighted by Crippen LogP contribution is 2.38. The average Bonchev–Trinajstić information content (AvgIpc) is 3.43. The number of carbonyl (C=O) groups is 1. The fraction of sp³-hybridized carbons (Fsp3) is 0.227. The van der Waals surface area contributed by atoms with Crippen LogP contribution in [-0.4, -0.2) is 33.8 Å². The summed E-state index contributed by atoms with van der Waals surface area (Å²) in [5, 5.41) is 7.14. The van der Waals surface area contributed by atoms with Gasteiger partial charge < -0.3 is 19.5 Å². The Balaban J connectivity index is 1.55. The Morgan fingerprint density at radius 1 is 1.07 bits per heavy atom. The molecule has 0 aliphatic heterocycles. The monoisotopic (exact) mass is 429 g/mol. The first-order valence-corrected chi connectivity index (χ1v) is 10.8. The standard InChI is InChI=1S/C22H23NO4S2/c1-25-18-12-15(13-19(26-2)22(18)27-3)4-7-21(24)23-10-8-17-5-6-20(29-17)16-9-11-28-14-16/h4-7,9,11-14H,8,10H2,1-3H3,(H,23,24). The van der Waals surface area contributed by atoms with Crippen LogP contribution in [0.2, 0.25) is 0 Å². The minimum absolute atomic E-state index is 0.145. The smallest absolute Gasteiger partial charge is 0.244 e. The van der Waals surface area contributed by atoms with E-state index in [0.717, 1.165) is 12.0 Å². The van der Waals surface area contributed by atoms with Gasteiger partial charge in [-0.05, 0) is 59.2 Å². The van der Waals surface area contributed by atoms with Crippen molar-refractivity contribution in [3.63, 3.8) is 0 Å². The van der Waals surface area contributed by atoms with E-state index in [1.165, 1.54) is 21.4 Å². The highest BCUT2D eigenvalue weighted by Gasteiger charge is 2.12. The molecular weight excluding hydrogens is 406 g/mol. The van der Waals surface area contributed by atoms with Gasteiger partial charge in [-0.15, -0.1) is 11.3 Å². The Bertz CT molecular complexity index is 952. The van der Waals surface area contributed by atoms with E-state index in [0.29, 0.717) is 23.8 Å². The van der Waals surface area contributed by atoms with Gasteiger partial charge in [-0.2, -0.15) is 11.3 Å². The zero-order valence-corrected chi connectivity index (χ0v) is 18.2. The molecule has 0 saturated carbocycles. The Hall–Kier alpha value is -2.77. The molecule has 29 heavy (non-hydrogen) atoms. The SMILES string of the molecule is COc1cc(C=CC(=O)NCCc2ccc(-c3ccsc3)s2)cc(OC)c1OC. The van der Waals surface area contributed by atoms with Crippen LogP contribution in [0.15, 0.2) is 47.2 Å². The first kappa shape index (κ1) is 21.0. The minimum Gasteiger partial charge on any atom is -0.493 e. The number of methoxy groups -OCH3 is 3. The van der Waals surface area contributed by atoms with E-state index in [1.807, 2.05) is 0 Å². The third-order valence-corrected chi connectivity index (χ3v) is 6.13. The van der Waals surface area contributed by atoms with Crippen LogP contribution in [0.4, 0.5) is 0 Å². The maximum Gasteiger partial charge on any atom is 0.244 e. The quantitative estimate of drug-likeness (QED) is 0.493. The van der Waals surface area contributed by atoms with Gasteiger partial charge in [0, 0.05) is 27.9 Å². The second kappa shape index (κ2) is 10.1. The summed E-state index contributed by atoms with van der Waals surface area (Å²) >= 11 is 3.46. The lowest BCUT2D eigenvalue weighted by Gasteiger charge is -2.12. The molecule has 152 valence electrons. The Kier molecular flexibility index (Phi) is 7.32. The predicted molar refractivity (Wildman–Crippen MR) is 119 cm³/mol. The summed E-state index contributed by atoms with van der Waals surface area (Å²) in [4.78, 5) is 14.7. The number of thiophene rings is 2. The fourth-order valence-corrected chi connectivity index (χ4v) is 4.54. The van der Waals surface area contributed by atoms with E-state index in [2.05, 4.69) is 34.3 Å². The molecule has 0 bridgehead atoms. The van der Waals surface area contributed by atoms with Crippen molar-refractivity contribution in [1.82, 2.24) is 5.32 Å². The molecule has 7 heteroatoms. The lowest BCUT2D eigenvalue weighted by molar-refractivity contribution is -0.116. The normalized spacial score (nSPS) is 10.9. The van der Waals surface area contributed by atoms with Crippen molar-refractivity contribution < 1.29 is 19.0 Å². The zero-order valence-electron chi connectivity index (χ0n) is 16.6. The molecule has 1 N–H and O–H groups in total. The number of hydrogen-bond donors (Lipinski definition) is 1. The third-order valence-electron chi connectivity index (χ3n) is 4.25. The number of carbonyl (C=O) groups excluding carboxylic acids is 1. The van der Waals surface area contributed by atoms with E-state index < -0.39 is 0 Å². The van der Waals surface area contributed by atoms with E-state index in [-0.39, 0.29) is 5.91 Å². The molecule has 0 aliphatic carbocycles. The average molecular weight is 430 g/mol. The number of rotatable bonds is 9. The van der Waals surface area contributed by atoms with Crippen LogP contribution in [0.25, 0.3) is 16.5 Å². The molecule has 3 aromatic rings. The second-order valence-corrected chi connectivity index (χ2v) is 8.06. The van der Waals surface area contributed by atoms with Gasteiger partial charge in [0.15, 0.2) is 11.5 Å². The maximum atomic E-state index is 12.2. The van der Waals surface area contributed by atoms with Crippen molar-refractivity contribution in [2.24, 2.45) is 0 Å². The van der Waals surface area contributed by atoms with Gasteiger partial charge in [0.05, 0.1) is 21.3 Å². The Morgan fingerprint density at radius 2 is 1.83 bits per heavy atom. The first-order chi connectivity index (χ1) is 14.1. The molecule has 2 aromatic heterocycles. The Morgan fingerprint density at radius 3 is 2.45 bits per heavy atom. The molecule has 0 aliphatic rings. The number of hydrogen-bond acceptors (Lipinski definition) is 6. The molecule has 5 nitrogen and oxygen atoms in total. The van der Waals surface area contributed by atoms with E-state index in [9.17, 15) is 4.79 Å². The van der Waals surface area contributed by atoms with Crippen LogP contribution in [0, 0.1) is 0 Å². The molecular formula is C22H23NO4S2. The van der Waals surface area contributed by atoms with Crippen LogP contribution < -0.4 is 19.5 Å². The molecule has 1 amide bonds. The van der Waals surface area contributed by atoms with Gasteiger partial charge in [-0.25, -0.2) is 0 Å². The third kappa shape index (κ3) is 5.40. The molecule has 1 aromatic carbocycles. The van der Waals surface area contributed by atoms with Gasteiger partial charge in [0.1, 0.15) is 0 Å². The van der Waals surface area contributed by atoms with Gasteiger partial charge >= 0.3 is 0 Å². The zero-order chi connectivity index (χ0) is 20.6. The molecule has 0 spiro atoms. The predicted octanol–water partition coefficient (Wildman–Crippen LogP) is 4.87. The van der Waals surface area contributed by atoms with Crippen molar-refractivity contribution in [2.75, 3.05) is 27.9 Å². The molecule has 0 unspecified atom stereocenters.